The first kappa shape index (κ1) is 24.2. The number of aryl methyl sites for hydroxylation is 2. The summed E-state index contributed by atoms with van der Waals surface area (Å²) in [6.07, 6.45) is 4.76. The molecule has 7 rings (SSSR count). The summed E-state index contributed by atoms with van der Waals surface area (Å²) in [6, 6.07) is 6.90. The number of hydrogen-bond donors (Lipinski definition) is 1. The molecule has 3 aliphatic rings. The maximum Gasteiger partial charge on any atom is 0.262 e. The molecule has 2 saturated carbocycles. The first-order valence-electron chi connectivity index (χ1n) is 13.5. The van der Waals surface area contributed by atoms with Crippen LogP contribution in [0.1, 0.15) is 47.9 Å². The third kappa shape index (κ3) is 3.82. The molecule has 39 heavy (non-hydrogen) atoms. The summed E-state index contributed by atoms with van der Waals surface area (Å²) < 4.78 is 39.0. The van der Waals surface area contributed by atoms with Crippen LogP contribution in [-0.4, -0.2) is 56.6 Å². The molecule has 1 aromatic carbocycles. The number of anilines is 2. The van der Waals surface area contributed by atoms with Gasteiger partial charge in [0.05, 0.1) is 30.6 Å². The molecule has 202 valence electrons. The fraction of sp³-hybridized carbons (Fsp3) is 0.429. The van der Waals surface area contributed by atoms with Gasteiger partial charge in [0.2, 0.25) is 5.95 Å². The van der Waals surface area contributed by atoms with Gasteiger partial charge >= 0.3 is 0 Å². The highest BCUT2D eigenvalue weighted by Gasteiger charge is 2.64. The molecule has 1 amide bonds. The lowest BCUT2D eigenvalue weighted by atomic mass is 9.93. The van der Waals surface area contributed by atoms with Crippen LogP contribution in [0.5, 0.6) is 0 Å². The normalized spacial score (nSPS) is 22.1. The van der Waals surface area contributed by atoms with Crippen LogP contribution < -0.4 is 10.2 Å². The lowest BCUT2D eigenvalue weighted by Crippen LogP contribution is -2.37. The molecule has 2 atom stereocenters. The van der Waals surface area contributed by atoms with Crippen molar-refractivity contribution in [2.75, 3.05) is 36.5 Å². The summed E-state index contributed by atoms with van der Waals surface area (Å²) in [5.41, 5.74) is 2.45. The quantitative estimate of drug-likeness (QED) is 0.397. The van der Waals surface area contributed by atoms with E-state index in [0.29, 0.717) is 49.9 Å². The Morgan fingerprint density at radius 3 is 2.72 bits per heavy atom. The predicted molar refractivity (Wildman–Crippen MR) is 141 cm³/mol. The second kappa shape index (κ2) is 8.84. The molecule has 3 aromatic heterocycles. The van der Waals surface area contributed by atoms with Gasteiger partial charge in [0.1, 0.15) is 17.2 Å². The summed E-state index contributed by atoms with van der Waals surface area (Å²) in [7, 11) is 0. The number of carbonyl (C=O) groups is 1. The topological polar surface area (TPSA) is 89.6 Å². The fourth-order valence-electron chi connectivity index (χ4n) is 6.02. The second-order valence-corrected chi connectivity index (χ2v) is 10.8. The number of morpholine rings is 1. The van der Waals surface area contributed by atoms with Gasteiger partial charge in [-0.1, -0.05) is 6.92 Å². The number of aromatic nitrogens is 5. The Labute approximate surface area is 223 Å². The minimum atomic E-state index is -0.727. The van der Waals surface area contributed by atoms with Crippen molar-refractivity contribution in [2.24, 2.45) is 5.92 Å². The molecule has 0 bridgehead atoms. The lowest BCUT2D eigenvalue weighted by molar-refractivity contribution is 0.102. The van der Waals surface area contributed by atoms with E-state index >= 15 is 8.78 Å². The second-order valence-electron chi connectivity index (χ2n) is 10.8. The summed E-state index contributed by atoms with van der Waals surface area (Å²) in [6.45, 7) is 6.47. The van der Waals surface area contributed by atoms with Crippen LogP contribution in [0, 0.1) is 24.6 Å². The molecule has 11 heteroatoms. The van der Waals surface area contributed by atoms with E-state index in [1.54, 1.807) is 6.07 Å². The van der Waals surface area contributed by atoms with E-state index in [1.807, 2.05) is 30.5 Å². The van der Waals surface area contributed by atoms with Gasteiger partial charge in [0, 0.05) is 19.5 Å². The van der Waals surface area contributed by atoms with Gasteiger partial charge in [-0.25, -0.2) is 14.1 Å². The van der Waals surface area contributed by atoms with Gasteiger partial charge in [0.15, 0.2) is 11.5 Å². The zero-order valence-corrected chi connectivity index (χ0v) is 21.9. The van der Waals surface area contributed by atoms with E-state index in [9.17, 15) is 4.79 Å². The molecular weight excluding hydrogens is 504 g/mol. The summed E-state index contributed by atoms with van der Waals surface area (Å²) in [5.74, 6) is 0.0553. The highest BCUT2D eigenvalue weighted by Crippen LogP contribution is 2.65. The molecule has 4 heterocycles. The average Bonchev–Trinajstić information content (AvgIpc) is 3.25. The number of carbonyl (C=O) groups excluding carboxylic acids is 1. The van der Waals surface area contributed by atoms with Crippen molar-refractivity contribution in [1.82, 2.24) is 24.4 Å². The van der Waals surface area contributed by atoms with E-state index in [4.69, 9.17) is 4.74 Å². The molecular formula is C28H29F2N7O2. The van der Waals surface area contributed by atoms with Crippen molar-refractivity contribution in [3.05, 3.63) is 59.2 Å². The first-order valence-corrected chi connectivity index (χ1v) is 13.5. The van der Waals surface area contributed by atoms with Gasteiger partial charge in [-0.05, 0) is 73.1 Å². The van der Waals surface area contributed by atoms with Crippen LogP contribution in [0.25, 0.3) is 16.8 Å². The van der Waals surface area contributed by atoms with Crippen LogP contribution in [0.2, 0.25) is 0 Å². The number of nitrogens with one attached hydrogen (secondary N) is 1. The maximum atomic E-state index is 15.2. The summed E-state index contributed by atoms with van der Waals surface area (Å²) in [5, 5.41) is 11.4. The number of fused-ring (bicyclic) bond motifs is 2. The van der Waals surface area contributed by atoms with Crippen LogP contribution in [0.4, 0.5) is 20.3 Å². The molecule has 0 spiro atoms. The van der Waals surface area contributed by atoms with Crippen molar-refractivity contribution in [1.29, 1.82) is 0 Å². The number of halogens is 2. The van der Waals surface area contributed by atoms with E-state index in [0.717, 1.165) is 42.0 Å². The summed E-state index contributed by atoms with van der Waals surface area (Å²) in [4.78, 5) is 19.9. The molecule has 0 radical (unpaired) electrons. The van der Waals surface area contributed by atoms with Crippen molar-refractivity contribution >= 4 is 23.1 Å². The van der Waals surface area contributed by atoms with Crippen molar-refractivity contribution in [3.63, 3.8) is 0 Å². The average molecular weight is 534 g/mol. The molecule has 2 unspecified atom stereocenters. The van der Waals surface area contributed by atoms with E-state index in [1.165, 1.54) is 16.9 Å². The monoisotopic (exact) mass is 533 g/mol. The smallest absolute Gasteiger partial charge is 0.262 e. The van der Waals surface area contributed by atoms with Crippen molar-refractivity contribution in [3.8, 4) is 11.1 Å². The molecule has 1 aliphatic heterocycles. The Kier molecular flexibility index (Phi) is 5.48. The largest absolute Gasteiger partial charge is 0.378 e. The van der Waals surface area contributed by atoms with Crippen molar-refractivity contribution < 1.29 is 18.3 Å². The van der Waals surface area contributed by atoms with Crippen LogP contribution >= 0.6 is 0 Å². The van der Waals surface area contributed by atoms with Gasteiger partial charge in [-0.15, -0.1) is 5.10 Å². The Bertz CT molecular complexity index is 1620. The van der Waals surface area contributed by atoms with Gasteiger partial charge in [-0.2, -0.15) is 14.0 Å². The number of rotatable bonds is 6. The zero-order chi connectivity index (χ0) is 26.9. The molecule has 1 saturated heterocycles. The Morgan fingerprint density at radius 2 is 2.03 bits per heavy atom. The van der Waals surface area contributed by atoms with E-state index in [2.05, 4.69) is 25.4 Å². The number of pyridine rings is 1. The standard InChI is InChI=1S/C28H29F2N7O2/c1-3-23-33-24-11-17(12-25(36(24)34-23)35-6-8-39-9-7-35)19-13-22(21(29)10-16(19)2)32-27(38)20-15-31-37(26(20)30)28-5-4-18(28)14-28/h10-13,15,18H,3-9,14H2,1-2H3,(H,32,38). The van der Waals surface area contributed by atoms with Crippen LogP contribution in [-0.2, 0) is 16.7 Å². The third-order valence-corrected chi connectivity index (χ3v) is 8.49. The van der Waals surface area contributed by atoms with Gasteiger partial charge < -0.3 is 15.0 Å². The van der Waals surface area contributed by atoms with Gasteiger partial charge in [-0.3, -0.25) is 4.79 Å². The fourth-order valence-corrected chi connectivity index (χ4v) is 6.02. The Balaban J connectivity index is 1.24. The van der Waals surface area contributed by atoms with Gasteiger partial charge in [0.25, 0.3) is 5.91 Å². The van der Waals surface area contributed by atoms with E-state index < -0.39 is 17.7 Å². The van der Waals surface area contributed by atoms with Crippen LogP contribution in [0.3, 0.4) is 0 Å². The molecule has 9 nitrogen and oxygen atoms in total. The van der Waals surface area contributed by atoms with Crippen molar-refractivity contribution in [2.45, 2.75) is 45.1 Å². The number of ether oxygens (including phenoxy) is 1. The summed E-state index contributed by atoms with van der Waals surface area (Å²) >= 11 is 0. The molecule has 3 fully saturated rings. The first-order chi connectivity index (χ1) is 18.9. The molecule has 4 aromatic rings. The number of amides is 1. The zero-order valence-electron chi connectivity index (χ0n) is 21.9. The Morgan fingerprint density at radius 1 is 1.21 bits per heavy atom. The minimum Gasteiger partial charge on any atom is -0.378 e. The molecule has 2 aliphatic carbocycles. The van der Waals surface area contributed by atoms with E-state index in [-0.39, 0.29) is 16.8 Å². The highest BCUT2D eigenvalue weighted by atomic mass is 19.1. The number of hydrogen-bond acceptors (Lipinski definition) is 6. The number of benzene rings is 1. The number of nitrogens with zero attached hydrogens (tertiary/aromatic N) is 6. The SMILES string of the molecule is CCc1nc2cc(-c3cc(NC(=O)c4cnn(C56CCC5C6)c4F)c(F)cc3C)cc(N3CCOCC3)n2n1. The third-order valence-electron chi connectivity index (χ3n) is 8.49. The minimum absolute atomic E-state index is 0.0256. The predicted octanol–water partition coefficient (Wildman–Crippen LogP) is 4.34. The van der Waals surface area contributed by atoms with Crippen LogP contribution in [0.15, 0.2) is 30.5 Å². The highest BCUT2D eigenvalue weighted by molar-refractivity contribution is 6.04. The maximum absolute atomic E-state index is 15.2. The molecule has 1 N–H and O–H groups in total. The Hall–Kier alpha value is -3.86. The lowest BCUT2D eigenvalue weighted by Gasteiger charge is -2.29.